The molecule has 2 rings (SSSR count). The Morgan fingerprint density at radius 3 is 2.42 bits per heavy atom. The van der Waals surface area contributed by atoms with Crippen LogP contribution in [0.4, 0.5) is 0 Å². The van der Waals surface area contributed by atoms with Gasteiger partial charge in [0.15, 0.2) is 0 Å². The number of aryl methyl sites for hydroxylation is 1. The Hall–Kier alpha value is 0.150. The number of nitrogens with one attached hydrogen (secondary N) is 1. The summed E-state index contributed by atoms with van der Waals surface area (Å²) >= 11 is 7.09. The Kier molecular flexibility index (Phi) is 6.10. The van der Waals surface area contributed by atoms with Gasteiger partial charge in [0.25, 0.3) is 10.0 Å². The van der Waals surface area contributed by atoms with Crippen LogP contribution < -0.4 is 5.32 Å². The van der Waals surface area contributed by atoms with E-state index in [1.165, 1.54) is 0 Å². The molecule has 1 aromatic rings. The van der Waals surface area contributed by atoms with Gasteiger partial charge in [-0.15, -0.1) is 23.7 Å². The molecule has 0 atom stereocenters. The second-order valence-electron chi connectivity index (χ2n) is 4.49. The van der Waals surface area contributed by atoms with Gasteiger partial charge >= 0.3 is 0 Å². The van der Waals surface area contributed by atoms with Crippen molar-refractivity contribution in [2.24, 2.45) is 0 Å². The van der Waals surface area contributed by atoms with E-state index in [9.17, 15) is 8.42 Å². The van der Waals surface area contributed by atoms with Crippen LogP contribution in [0, 0.1) is 6.92 Å². The maximum atomic E-state index is 12.4. The van der Waals surface area contributed by atoms with Gasteiger partial charge in [-0.3, -0.25) is 0 Å². The van der Waals surface area contributed by atoms with E-state index in [-0.39, 0.29) is 12.4 Å². The lowest BCUT2D eigenvalue weighted by Crippen LogP contribution is -2.43. The highest BCUT2D eigenvalue weighted by atomic mass is 35.5. The first-order valence-electron chi connectivity index (χ1n) is 5.88. The molecule has 1 aliphatic rings. The van der Waals surface area contributed by atoms with E-state index in [1.54, 1.807) is 10.4 Å². The molecule has 0 saturated carbocycles. The second-order valence-corrected chi connectivity index (χ2v) is 8.31. The fourth-order valence-electron chi connectivity index (χ4n) is 2.07. The zero-order valence-electron chi connectivity index (χ0n) is 10.8. The van der Waals surface area contributed by atoms with Crippen molar-refractivity contribution < 1.29 is 8.42 Å². The quantitative estimate of drug-likeness (QED) is 0.916. The molecule has 0 aliphatic carbocycles. The fourth-order valence-corrected chi connectivity index (χ4v) is 5.40. The van der Waals surface area contributed by atoms with Gasteiger partial charge in [-0.1, -0.05) is 11.6 Å². The molecule has 1 saturated heterocycles. The van der Waals surface area contributed by atoms with Gasteiger partial charge in [0.2, 0.25) is 0 Å². The lowest BCUT2D eigenvalue weighted by Gasteiger charge is -2.30. The summed E-state index contributed by atoms with van der Waals surface area (Å²) in [5.41, 5.74) is 0.824. The number of halogens is 2. The summed E-state index contributed by atoms with van der Waals surface area (Å²) in [6, 6.07) is 2.08. The SMILES string of the molecule is CNC1CCN(S(=O)(=O)c2cc(C)c(Cl)s2)CC1.Cl. The van der Waals surface area contributed by atoms with E-state index >= 15 is 0 Å². The van der Waals surface area contributed by atoms with Crippen molar-refractivity contribution in [1.29, 1.82) is 0 Å². The summed E-state index contributed by atoms with van der Waals surface area (Å²) in [7, 11) is -1.44. The molecule has 1 aliphatic heterocycles. The standard InChI is InChI=1S/C11H17ClN2O2S2.ClH/c1-8-7-10(17-11(8)12)18(15,16)14-5-3-9(13-2)4-6-14;/h7,9,13H,3-6H2,1-2H3;1H. The molecule has 0 spiro atoms. The minimum absolute atomic E-state index is 0. The maximum absolute atomic E-state index is 12.4. The monoisotopic (exact) mass is 344 g/mol. The first-order chi connectivity index (χ1) is 8.45. The normalized spacial score (nSPS) is 18.3. The molecule has 19 heavy (non-hydrogen) atoms. The number of hydrogen-bond acceptors (Lipinski definition) is 4. The van der Waals surface area contributed by atoms with Gasteiger partial charge in [-0.05, 0) is 38.4 Å². The lowest BCUT2D eigenvalue weighted by atomic mass is 10.1. The predicted molar refractivity (Wildman–Crippen MR) is 82.2 cm³/mol. The lowest BCUT2D eigenvalue weighted by molar-refractivity contribution is 0.299. The highest BCUT2D eigenvalue weighted by Gasteiger charge is 2.30. The molecule has 2 heterocycles. The van der Waals surface area contributed by atoms with Crippen LogP contribution in [0.25, 0.3) is 0 Å². The summed E-state index contributed by atoms with van der Waals surface area (Å²) in [6.07, 6.45) is 1.71. The minimum Gasteiger partial charge on any atom is -0.317 e. The average Bonchev–Trinajstić information content (AvgIpc) is 2.70. The Bertz CT molecular complexity index is 503. The summed E-state index contributed by atoms with van der Waals surface area (Å²) in [6.45, 7) is 2.97. The first kappa shape index (κ1) is 17.2. The molecule has 0 bridgehead atoms. The predicted octanol–water partition coefficient (Wildman–Crippen LogP) is 2.50. The van der Waals surface area contributed by atoms with Gasteiger partial charge in [0.1, 0.15) is 4.21 Å². The van der Waals surface area contributed by atoms with Crippen molar-refractivity contribution in [3.05, 3.63) is 16.0 Å². The molecule has 1 aromatic heterocycles. The topological polar surface area (TPSA) is 49.4 Å². The molecule has 1 fully saturated rings. The number of rotatable bonds is 3. The molecule has 0 radical (unpaired) electrons. The van der Waals surface area contributed by atoms with Crippen molar-refractivity contribution in [3.8, 4) is 0 Å². The summed E-state index contributed by atoms with van der Waals surface area (Å²) < 4.78 is 27.3. The van der Waals surface area contributed by atoms with Gasteiger partial charge in [0, 0.05) is 19.1 Å². The Balaban J connectivity index is 0.00000180. The molecule has 1 N–H and O–H groups in total. The summed E-state index contributed by atoms with van der Waals surface area (Å²) in [4.78, 5) is 0. The molecule has 4 nitrogen and oxygen atoms in total. The zero-order chi connectivity index (χ0) is 13.3. The Morgan fingerprint density at radius 2 is 2.00 bits per heavy atom. The molecule has 0 amide bonds. The van der Waals surface area contributed by atoms with Crippen LogP contribution in [0.5, 0.6) is 0 Å². The maximum Gasteiger partial charge on any atom is 0.252 e. The zero-order valence-corrected chi connectivity index (χ0v) is 14.1. The smallest absolute Gasteiger partial charge is 0.252 e. The van der Waals surface area contributed by atoms with E-state index in [0.717, 1.165) is 29.7 Å². The Morgan fingerprint density at radius 1 is 1.42 bits per heavy atom. The minimum atomic E-state index is -3.36. The number of nitrogens with zero attached hydrogens (tertiary/aromatic N) is 1. The number of thiophene rings is 1. The highest BCUT2D eigenvalue weighted by molar-refractivity contribution is 7.91. The fraction of sp³-hybridized carbons (Fsp3) is 0.636. The average molecular weight is 345 g/mol. The van der Waals surface area contributed by atoms with Crippen LogP contribution >= 0.6 is 35.3 Å². The molecular formula is C11H18Cl2N2O2S2. The van der Waals surface area contributed by atoms with Crippen molar-refractivity contribution in [1.82, 2.24) is 9.62 Å². The first-order valence-corrected chi connectivity index (χ1v) is 8.52. The van der Waals surface area contributed by atoms with Crippen molar-refractivity contribution in [2.45, 2.75) is 30.0 Å². The van der Waals surface area contributed by atoms with Gasteiger partial charge < -0.3 is 5.32 Å². The van der Waals surface area contributed by atoms with Crippen LogP contribution in [-0.4, -0.2) is 38.9 Å². The van der Waals surface area contributed by atoms with Gasteiger partial charge in [0.05, 0.1) is 4.34 Å². The number of hydrogen-bond donors (Lipinski definition) is 1. The van der Waals surface area contributed by atoms with E-state index in [0.29, 0.717) is 27.7 Å². The van der Waals surface area contributed by atoms with E-state index in [2.05, 4.69) is 5.32 Å². The van der Waals surface area contributed by atoms with Gasteiger partial charge in [-0.2, -0.15) is 4.31 Å². The van der Waals surface area contributed by atoms with Crippen LogP contribution in [0.3, 0.4) is 0 Å². The van der Waals surface area contributed by atoms with E-state index < -0.39 is 10.0 Å². The van der Waals surface area contributed by atoms with Gasteiger partial charge in [-0.25, -0.2) is 8.42 Å². The second kappa shape index (κ2) is 6.74. The van der Waals surface area contributed by atoms with Crippen LogP contribution in [-0.2, 0) is 10.0 Å². The molecule has 0 unspecified atom stereocenters. The van der Waals surface area contributed by atoms with Crippen LogP contribution in [0.1, 0.15) is 18.4 Å². The number of piperidine rings is 1. The molecule has 0 aromatic carbocycles. The number of sulfonamides is 1. The third kappa shape index (κ3) is 3.62. The third-order valence-corrected chi connectivity index (χ3v) is 7.19. The molecular weight excluding hydrogens is 327 g/mol. The highest BCUT2D eigenvalue weighted by Crippen LogP contribution is 2.32. The largest absolute Gasteiger partial charge is 0.317 e. The van der Waals surface area contributed by atoms with E-state index in [1.807, 2.05) is 14.0 Å². The van der Waals surface area contributed by atoms with E-state index in [4.69, 9.17) is 11.6 Å². The van der Waals surface area contributed by atoms with Crippen LogP contribution in [0.2, 0.25) is 4.34 Å². The Labute approximate surface area is 129 Å². The summed E-state index contributed by atoms with van der Waals surface area (Å²) in [5.74, 6) is 0. The van der Waals surface area contributed by atoms with Crippen molar-refractivity contribution in [3.63, 3.8) is 0 Å². The van der Waals surface area contributed by atoms with Crippen LogP contribution in [0.15, 0.2) is 10.3 Å². The van der Waals surface area contributed by atoms with Crippen molar-refractivity contribution >= 4 is 45.4 Å². The molecule has 8 heteroatoms. The summed E-state index contributed by atoms with van der Waals surface area (Å²) in [5, 5.41) is 3.19. The third-order valence-electron chi connectivity index (χ3n) is 3.29. The molecule has 110 valence electrons. The van der Waals surface area contributed by atoms with Crippen molar-refractivity contribution in [2.75, 3.05) is 20.1 Å².